The molecule has 5 heteroatoms. The standard InChI is InChI=1S/C15H27NO3S/c1-14(2,12(16)13(17)18)20-11-6-9-19-15(10-11)7-4-3-5-8-15/h11-12H,3-10,16H2,1-2H3,(H,17,18)/t11?,12-/m1/s1. The van der Waals surface area contributed by atoms with Gasteiger partial charge in [-0.05, 0) is 39.5 Å². The van der Waals surface area contributed by atoms with Gasteiger partial charge < -0.3 is 15.6 Å². The minimum Gasteiger partial charge on any atom is -0.480 e. The van der Waals surface area contributed by atoms with E-state index in [0.29, 0.717) is 5.25 Å². The number of carboxylic acids is 1. The van der Waals surface area contributed by atoms with Gasteiger partial charge in [-0.15, -0.1) is 11.8 Å². The Morgan fingerprint density at radius 2 is 2.05 bits per heavy atom. The highest BCUT2D eigenvalue weighted by molar-refractivity contribution is 8.01. The Balaban J connectivity index is 1.97. The highest BCUT2D eigenvalue weighted by Gasteiger charge is 2.42. The van der Waals surface area contributed by atoms with Crippen LogP contribution in [-0.2, 0) is 9.53 Å². The quantitative estimate of drug-likeness (QED) is 0.835. The van der Waals surface area contributed by atoms with Crippen LogP contribution >= 0.6 is 11.8 Å². The summed E-state index contributed by atoms with van der Waals surface area (Å²) in [6.45, 7) is 4.69. The molecule has 0 bridgehead atoms. The van der Waals surface area contributed by atoms with E-state index in [4.69, 9.17) is 15.6 Å². The Labute approximate surface area is 125 Å². The van der Waals surface area contributed by atoms with Gasteiger partial charge in [0.15, 0.2) is 0 Å². The molecular weight excluding hydrogens is 274 g/mol. The minimum absolute atomic E-state index is 0.0670. The van der Waals surface area contributed by atoms with E-state index in [1.807, 2.05) is 13.8 Å². The smallest absolute Gasteiger partial charge is 0.321 e. The van der Waals surface area contributed by atoms with Crippen molar-refractivity contribution in [1.82, 2.24) is 0 Å². The van der Waals surface area contributed by atoms with Crippen molar-refractivity contribution < 1.29 is 14.6 Å². The predicted molar refractivity (Wildman–Crippen MR) is 82.1 cm³/mol. The highest BCUT2D eigenvalue weighted by atomic mass is 32.2. The zero-order valence-corrected chi connectivity index (χ0v) is 13.4. The van der Waals surface area contributed by atoms with E-state index in [2.05, 4.69) is 0 Å². The summed E-state index contributed by atoms with van der Waals surface area (Å²) in [4.78, 5) is 11.1. The number of hydrogen-bond acceptors (Lipinski definition) is 4. The molecule has 1 aliphatic heterocycles. The van der Waals surface area contributed by atoms with Gasteiger partial charge in [0.1, 0.15) is 6.04 Å². The summed E-state index contributed by atoms with van der Waals surface area (Å²) >= 11 is 1.74. The molecule has 2 aliphatic rings. The van der Waals surface area contributed by atoms with Crippen molar-refractivity contribution >= 4 is 17.7 Å². The van der Waals surface area contributed by atoms with E-state index < -0.39 is 16.8 Å². The van der Waals surface area contributed by atoms with E-state index in [1.165, 1.54) is 19.3 Å². The molecule has 0 amide bonds. The molecule has 1 unspecified atom stereocenters. The second-order valence-electron chi connectivity index (χ2n) is 6.74. The second kappa shape index (κ2) is 6.24. The fraction of sp³-hybridized carbons (Fsp3) is 0.933. The van der Waals surface area contributed by atoms with Gasteiger partial charge in [-0.2, -0.15) is 0 Å². The number of nitrogens with two attached hydrogens (primary N) is 1. The van der Waals surface area contributed by atoms with Gasteiger partial charge in [-0.25, -0.2) is 0 Å². The van der Waals surface area contributed by atoms with Crippen LogP contribution in [0.15, 0.2) is 0 Å². The lowest BCUT2D eigenvalue weighted by molar-refractivity contribution is -0.139. The summed E-state index contributed by atoms with van der Waals surface area (Å²) in [6, 6.07) is -0.822. The van der Waals surface area contributed by atoms with Gasteiger partial charge in [0.05, 0.1) is 5.60 Å². The number of carboxylic acid groups (broad SMARTS) is 1. The van der Waals surface area contributed by atoms with Crippen molar-refractivity contribution in [1.29, 1.82) is 0 Å². The Morgan fingerprint density at radius 3 is 2.65 bits per heavy atom. The first-order valence-corrected chi connectivity index (χ1v) is 8.53. The predicted octanol–water partition coefficient (Wildman–Crippen LogP) is 2.79. The molecule has 1 saturated heterocycles. The molecule has 1 saturated carbocycles. The number of ether oxygens (including phenoxy) is 1. The monoisotopic (exact) mass is 301 g/mol. The van der Waals surface area contributed by atoms with Gasteiger partial charge in [-0.1, -0.05) is 19.3 Å². The maximum absolute atomic E-state index is 11.1. The number of aliphatic carboxylic acids is 1. The van der Waals surface area contributed by atoms with E-state index in [1.54, 1.807) is 11.8 Å². The first-order valence-electron chi connectivity index (χ1n) is 7.65. The van der Waals surface area contributed by atoms with Gasteiger partial charge in [0.2, 0.25) is 0 Å². The third kappa shape index (κ3) is 3.68. The summed E-state index contributed by atoms with van der Waals surface area (Å²) in [5.74, 6) is -0.915. The fourth-order valence-electron chi connectivity index (χ4n) is 3.43. The molecule has 0 radical (unpaired) electrons. The second-order valence-corrected chi connectivity index (χ2v) is 8.70. The number of rotatable bonds is 4. The lowest BCUT2D eigenvalue weighted by Gasteiger charge is -2.45. The van der Waals surface area contributed by atoms with Gasteiger partial charge in [0, 0.05) is 16.6 Å². The fourth-order valence-corrected chi connectivity index (χ4v) is 5.14. The van der Waals surface area contributed by atoms with Crippen molar-refractivity contribution in [3.05, 3.63) is 0 Å². The summed E-state index contributed by atoms with van der Waals surface area (Å²) in [5, 5.41) is 9.59. The lowest BCUT2D eigenvalue weighted by Crippen LogP contribution is -2.49. The van der Waals surface area contributed by atoms with E-state index in [9.17, 15) is 4.79 Å². The molecule has 4 nitrogen and oxygen atoms in total. The van der Waals surface area contributed by atoms with Crippen molar-refractivity contribution in [2.75, 3.05) is 6.61 Å². The highest BCUT2D eigenvalue weighted by Crippen LogP contribution is 2.45. The van der Waals surface area contributed by atoms with Crippen LogP contribution in [0.1, 0.15) is 58.8 Å². The average molecular weight is 301 g/mol. The Kier molecular flexibility index (Phi) is 5.03. The van der Waals surface area contributed by atoms with Crippen molar-refractivity contribution in [3.63, 3.8) is 0 Å². The minimum atomic E-state index is -0.915. The molecule has 3 N–H and O–H groups in total. The van der Waals surface area contributed by atoms with E-state index in [-0.39, 0.29) is 5.60 Å². The normalized spacial score (nSPS) is 28.2. The molecule has 2 rings (SSSR count). The largest absolute Gasteiger partial charge is 0.480 e. The number of thioether (sulfide) groups is 1. The van der Waals surface area contributed by atoms with Crippen LogP contribution in [0.25, 0.3) is 0 Å². The molecule has 0 aromatic carbocycles. The molecule has 0 aromatic heterocycles. The maximum atomic E-state index is 11.1. The molecular formula is C15H27NO3S. The maximum Gasteiger partial charge on any atom is 0.321 e. The zero-order valence-electron chi connectivity index (χ0n) is 12.6. The van der Waals surface area contributed by atoms with E-state index >= 15 is 0 Å². The lowest BCUT2D eigenvalue weighted by atomic mass is 9.80. The van der Waals surface area contributed by atoms with Crippen LogP contribution in [0, 0.1) is 0 Å². The first-order chi connectivity index (χ1) is 9.35. The Bertz CT molecular complexity index is 348. The average Bonchev–Trinajstić information content (AvgIpc) is 2.38. The molecule has 1 aliphatic carbocycles. The molecule has 2 fully saturated rings. The van der Waals surface area contributed by atoms with Crippen molar-refractivity contribution in [2.24, 2.45) is 5.73 Å². The third-order valence-electron chi connectivity index (χ3n) is 4.70. The SMILES string of the molecule is CC(C)(SC1CCOC2(CCCCC2)C1)[C@H](N)C(=O)O. The Morgan fingerprint density at radius 1 is 1.40 bits per heavy atom. The summed E-state index contributed by atoms with van der Waals surface area (Å²) in [5.41, 5.74) is 5.90. The summed E-state index contributed by atoms with van der Waals surface area (Å²) < 4.78 is 5.66. The molecule has 1 spiro atoms. The summed E-state index contributed by atoms with van der Waals surface area (Å²) in [6.07, 6.45) is 8.21. The van der Waals surface area contributed by atoms with Gasteiger partial charge in [-0.3, -0.25) is 4.79 Å². The molecule has 116 valence electrons. The van der Waals surface area contributed by atoms with Gasteiger partial charge >= 0.3 is 5.97 Å². The first kappa shape index (κ1) is 16.1. The molecule has 1 heterocycles. The molecule has 0 aromatic rings. The van der Waals surface area contributed by atoms with Crippen molar-refractivity contribution in [2.45, 2.75) is 80.4 Å². The topological polar surface area (TPSA) is 72.5 Å². The zero-order chi connectivity index (χ0) is 14.8. The number of carbonyl (C=O) groups is 1. The summed E-state index contributed by atoms with van der Waals surface area (Å²) in [7, 11) is 0. The van der Waals surface area contributed by atoms with Crippen molar-refractivity contribution in [3.8, 4) is 0 Å². The van der Waals surface area contributed by atoms with Crippen LogP contribution in [0.3, 0.4) is 0 Å². The van der Waals surface area contributed by atoms with E-state index in [0.717, 1.165) is 32.3 Å². The molecule has 20 heavy (non-hydrogen) atoms. The van der Waals surface area contributed by atoms with Crippen LogP contribution in [0.2, 0.25) is 0 Å². The van der Waals surface area contributed by atoms with Crippen LogP contribution < -0.4 is 5.73 Å². The third-order valence-corrected chi connectivity index (χ3v) is 6.30. The number of hydrogen-bond donors (Lipinski definition) is 2. The van der Waals surface area contributed by atoms with Crippen LogP contribution in [-0.4, -0.2) is 39.3 Å². The Hall–Kier alpha value is -0.260. The van der Waals surface area contributed by atoms with Crippen LogP contribution in [0.5, 0.6) is 0 Å². The van der Waals surface area contributed by atoms with Crippen LogP contribution in [0.4, 0.5) is 0 Å². The molecule has 2 atom stereocenters. The van der Waals surface area contributed by atoms with Gasteiger partial charge in [0.25, 0.3) is 0 Å².